The Kier molecular flexibility index (Phi) is 4.00. The molecule has 0 spiro atoms. The molecule has 1 amide bonds. The number of aromatic amines is 1. The molecule has 0 bridgehead atoms. The smallest absolute Gasteiger partial charge is 0.408 e. The number of H-pyrrole nitrogens is 1. The Hall–Kier alpha value is -1.95. The summed E-state index contributed by atoms with van der Waals surface area (Å²) in [5, 5.41) is 6.69. The minimum Gasteiger partial charge on any atom is -0.408 e. The van der Waals surface area contributed by atoms with Crippen LogP contribution >= 0.6 is 11.6 Å². The van der Waals surface area contributed by atoms with Gasteiger partial charge in [-0.25, -0.2) is 4.79 Å². The number of oxazole rings is 1. The van der Waals surface area contributed by atoms with E-state index in [0.29, 0.717) is 23.6 Å². The number of rotatable bonds is 3. The molecule has 24 heavy (non-hydrogen) atoms. The first kappa shape index (κ1) is 15.6. The summed E-state index contributed by atoms with van der Waals surface area (Å²) in [7, 11) is 0. The average molecular weight is 350 g/mol. The fourth-order valence-corrected chi connectivity index (χ4v) is 4.26. The molecule has 2 aromatic rings. The van der Waals surface area contributed by atoms with Crippen LogP contribution in [0.1, 0.15) is 25.7 Å². The molecular formula is C17H20ClN3O3. The average Bonchev–Trinajstić information content (AvgIpc) is 2.92. The summed E-state index contributed by atoms with van der Waals surface area (Å²) in [5.74, 6) is 0.0631. The summed E-state index contributed by atoms with van der Waals surface area (Å²) >= 11 is 6.28. The first-order chi connectivity index (χ1) is 11.6. The van der Waals surface area contributed by atoms with Gasteiger partial charge in [-0.05, 0) is 49.8 Å². The Bertz CT molecular complexity index is 815. The van der Waals surface area contributed by atoms with Crippen LogP contribution in [0.4, 0.5) is 5.69 Å². The number of amides is 1. The minimum absolute atomic E-state index is 0.0627. The van der Waals surface area contributed by atoms with Gasteiger partial charge in [-0.3, -0.25) is 9.78 Å². The van der Waals surface area contributed by atoms with Crippen LogP contribution in [0, 0.1) is 11.8 Å². The number of halogens is 1. The van der Waals surface area contributed by atoms with Crippen molar-refractivity contribution in [1.29, 1.82) is 0 Å². The number of hydrogen-bond acceptors (Lipinski definition) is 4. The van der Waals surface area contributed by atoms with E-state index in [0.717, 1.165) is 31.4 Å². The number of anilines is 1. The van der Waals surface area contributed by atoms with Crippen LogP contribution in [0.2, 0.25) is 0 Å². The molecule has 4 unspecified atom stereocenters. The van der Waals surface area contributed by atoms with Gasteiger partial charge in [0.15, 0.2) is 5.58 Å². The van der Waals surface area contributed by atoms with Gasteiger partial charge < -0.3 is 15.1 Å². The van der Waals surface area contributed by atoms with E-state index in [4.69, 9.17) is 16.0 Å². The number of piperidine rings is 1. The fourth-order valence-electron chi connectivity index (χ4n) is 3.91. The molecule has 7 heteroatoms. The molecule has 128 valence electrons. The van der Waals surface area contributed by atoms with Crippen molar-refractivity contribution in [2.45, 2.75) is 37.1 Å². The molecule has 1 aromatic heterocycles. The third kappa shape index (κ3) is 3.02. The summed E-state index contributed by atoms with van der Waals surface area (Å²) in [4.78, 5) is 26.2. The number of benzene rings is 1. The molecule has 1 saturated heterocycles. The topological polar surface area (TPSA) is 87.1 Å². The van der Waals surface area contributed by atoms with Crippen LogP contribution < -0.4 is 16.4 Å². The van der Waals surface area contributed by atoms with Crippen LogP contribution in [0.15, 0.2) is 27.4 Å². The second kappa shape index (κ2) is 6.16. The summed E-state index contributed by atoms with van der Waals surface area (Å²) in [6.07, 6.45) is 3.81. The molecule has 1 aromatic carbocycles. The van der Waals surface area contributed by atoms with E-state index in [-0.39, 0.29) is 23.2 Å². The van der Waals surface area contributed by atoms with Crippen molar-refractivity contribution in [1.82, 2.24) is 10.3 Å². The highest BCUT2D eigenvalue weighted by atomic mass is 35.5. The van der Waals surface area contributed by atoms with Gasteiger partial charge in [0, 0.05) is 23.7 Å². The van der Waals surface area contributed by atoms with Crippen LogP contribution in [-0.4, -0.2) is 28.9 Å². The van der Waals surface area contributed by atoms with Gasteiger partial charge in [-0.1, -0.05) is 0 Å². The normalized spacial score (nSPS) is 30.0. The maximum absolute atomic E-state index is 12.3. The van der Waals surface area contributed by atoms with Gasteiger partial charge >= 0.3 is 5.76 Å². The number of nitrogens with one attached hydrogen (secondary N) is 3. The molecule has 6 nitrogen and oxygen atoms in total. The third-order valence-corrected chi connectivity index (χ3v) is 5.57. The standard InChI is InChI=1S/C17H20ClN3O3/c18-11-1-3-13-9(6-11)5-10(16(22)20-13)8-19-12-2-4-15-14(7-12)21-17(23)24-15/h2,4,7,9-11,13,19H,1,3,5-6,8H2,(H,20,22)(H,21,23). The SMILES string of the molecule is O=C1NC2CCC(Cl)CC2CC1CNc1ccc2oc(=O)[nH]c2c1. The van der Waals surface area contributed by atoms with E-state index < -0.39 is 5.76 Å². The van der Waals surface area contributed by atoms with Crippen LogP contribution in [-0.2, 0) is 4.79 Å². The Morgan fingerprint density at radius 1 is 1.25 bits per heavy atom. The highest BCUT2D eigenvalue weighted by Crippen LogP contribution is 2.35. The van der Waals surface area contributed by atoms with E-state index in [1.54, 1.807) is 6.07 Å². The molecular weight excluding hydrogens is 330 g/mol. The van der Waals surface area contributed by atoms with Gasteiger partial charge in [0.25, 0.3) is 0 Å². The molecule has 4 atom stereocenters. The van der Waals surface area contributed by atoms with Crippen LogP contribution in [0.5, 0.6) is 0 Å². The first-order valence-corrected chi connectivity index (χ1v) is 8.83. The van der Waals surface area contributed by atoms with Crippen molar-refractivity contribution in [3.63, 3.8) is 0 Å². The molecule has 2 aliphatic rings. The van der Waals surface area contributed by atoms with Crippen LogP contribution in [0.3, 0.4) is 0 Å². The molecule has 3 N–H and O–H groups in total. The number of carbonyl (C=O) groups is 1. The van der Waals surface area contributed by atoms with E-state index in [1.807, 2.05) is 12.1 Å². The quantitative estimate of drug-likeness (QED) is 0.743. The predicted molar refractivity (Wildman–Crippen MR) is 92.3 cm³/mol. The molecule has 1 saturated carbocycles. The maximum Gasteiger partial charge on any atom is 0.417 e. The zero-order valence-corrected chi connectivity index (χ0v) is 13.9. The zero-order valence-electron chi connectivity index (χ0n) is 13.2. The number of carbonyl (C=O) groups excluding carboxylic acids is 1. The van der Waals surface area contributed by atoms with Gasteiger partial charge in [0.1, 0.15) is 0 Å². The molecule has 0 radical (unpaired) electrons. The summed E-state index contributed by atoms with van der Waals surface area (Å²) in [6, 6.07) is 5.69. The Labute approximate surface area is 143 Å². The number of aromatic nitrogens is 1. The van der Waals surface area contributed by atoms with E-state index in [1.165, 1.54) is 0 Å². The number of hydrogen-bond donors (Lipinski definition) is 3. The first-order valence-electron chi connectivity index (χ1n) is 8.39. The predicted octanol–water partition coefficient (Wildman–Crippen LogP) is 2.45. The lowest BCUT2D eigenvalue weighted by Gasteiger charge is -2.41. The highest BCUT2D eigenvalue weighted by Gasteiger charge is 2.38. The van der Waals surface area contributed by atoms with Gasteiger partial charge in [0.2, 0.25) is 5.91 Å². The molecule has 1 aliphatic carbocycles. The Morgan fingerprint density at radius 3 is 3.00 bits per heavy atom. The van der Waals surface area contributed by atoms with Crippen molar-refractivity contribution < 1.29 is 9.21 Å². The van der Waals surface area contributed by atoms with Gasteiger partial charge in [-0.2, -0.15) is 0 Å². The van der Waals surface area contributed by atoms with Gasteiger partial charge in [0.05, 0.1) is 11.4 Å². The number of alkyl halides is 1. The third-order valence-electron chi connectivity index (χ3n) is 5.18. The monoisotopic (exact) mass is 349 g/mol. The van der Waals surface area contributed by atoms with Crippen molar-refractivity contribution in [2.75, 3.05) is 11.9 Å². The summed E-state index contributed by atoms with van der Waals surface area (Å²) < 4.78 is 4.99. The minimum atomic E-state index is -0.465. The fraction of sp³-hybridized carbons (Fsp3) is 0.529. The molecule has 2 heterocycles. The second-order valence-electron chi connectivity index (χ2n) is 6.82. The highest BCUT2D eigenvalue weighted by molar-refractivity contribution is 6.20. The van der Waals surface area contributed by atoms with E-state index >= 15 is 0 Å². The van der Waals surface area contributed by atoms with Crippen LogP contribution in [0.25, 0.3) is 11.1 Å². The Morgan fingerprint density at radius 2 is 2.12 bits per heavy atom. The maximum atomic E-state index is 12.3. The van der Waals surface area contributed by atoms with Crippen molar-refractivity contribution in [2.24, 2.45) is 11.8 Å². The van der Waals surface area contributed by atoms with E-state index in [2.05, 4.69) is 15.6 Å². The lowest BCUT2D eigenvalue weighted by Crippen LogP contribution is -2.53. The molecule has 4 rings (SSSR count). The second-order valence-corrected chi connectivity index (χ2v) is 7.44. The Balaban J connectivity index is 1.42. The number of fused-ring (bicyclic) bond motifs is 2. The zero-order chi connectivity index (χ0) is 16.7. The lowest BCUT2D eigenvalue weighted by atomic mass is 9.75. The van der Waals surface area contributed by atoms with E-state index in [9.17, 15) is 9.59 Å². The van der Waals surface area contributed by atoms with Crippen molar-refractivity contribution >= 4 is 34.3 Å². The summed E-state index contributed by atoms with van der Waals surface area (Å²) in [5.41, 5.74) is 2.03. The lowest BCUT2D eigenvalue weighted by molar-refractivity contribution is -0.129. The molecule has 2 fully saturated rings. The van der Waals surface area contributed by atoms with Crippen molar-refractivity contribution in [3.05, 3.63) is 28.7 Å². The largest absolute Gasteiger partial charge is 0.417 e. The van der Waals surface area contributed by atoms with Gasteiger partial charge in [-0.15, -0.1) is 11.6 Å². The molecule has 1 aliphatic heterocycles. The van der Waals surface area contributed by atoms with Crippen molar-refractivity contribution in [3.8, 4) is 0 Å². The summed E-state index contributed by atoms with van der Waals surface area (Å²) in [6.45, 7) is 0.565.